The first kappa shape index (κ1) is 12.1. The average molecular weight is 255 g/mol. The second kappa shape index (κ2) is 3.12. The van der Waals surface area contributed by atoms with Gasteiger partial charge in [0, 0.05) is 6.42 Å². The Balaban J connectivity index is 2.09. The molecule has 4 atom stereocenters. The zero-order valence-corrected chi connectivity index (χ0v) is 10.6. The van der Waals surface area contributed by atoms with E-state index in [2.05, 4.69) is 5.32 Å². The largest absolute Gasteiger partial charge is 0.371 e. The predicted molar refractivity (Wildman–Crippen MR) is 59.3 cm³/mol. The third kappa shape index (κ3) is 1.23. The molecule has 0 aromatic carbocycles. The van der Waals surface area contributed by atoms with E-state index in [-0.39, 0.29) is 12.3 Å². The molecule has 1 amide bonds. The predicted octanol–water partition coefficient (Wildman–Crippen LogP) is -0.306. The minimum absolute atomic E-state index is 0.104. The summed E-state index contributed by atoms with van der Waals surface area (Å²) in [5.74, 6) is -2.05. The summed E-state index contributed by atoms with van der Waals surface area (Å²) in [5, 5.41) is 13.0. The third-order valence-electron chi connectivity index (χ3n) is 3.86. The number of rotatable bonds is 2. The fourth-order valence-electron chi connectivity index (χ4n) is 3.31. The van der Waals surface area contributed by atoms with Crippen molar-refractivity contribution in [3.05, 3.63) is 0 Å². The Bertz CT molecular complexity index is 450. The molecule has 3 aliphatic rings. The number of carbonyl (C=O) groups excluding carboxylic acids is 2. The Kier molecular flexibility index (Phi) is 2.09. The van der Waals surface area contributed by atoms with Crippen LogP contribution in [0.2, 0.25) is 0 Å². The fraction of sp³-hybridized carbons (Fsp3) is 0.833. The van der Waals surface area contributed by atoms with Crippen LogP contribution >= 0.6 is 0 Å². The summed E-state index contributed by atoms with van der Waals surface area (Å²) < 4.78 is 11.5. The Morgan fingerprint density at radius 3 is 2.78 bits per heavy atom. The van der Waals surface area contributed by atoms with Gasteiger partial charge in [-0.05, 0) is 12.8 Å². The van der Waals surface area contributed by atoms with E-state index in [0.29, 0.717) is 6.42 Å². The molecule has 0 radical (unpaired) electrons. The van der Waals surface area contributed by atoms with E-state index in [1.807, 2.05) is 13.8 Å². The summed E-state index contributed by atoms with van der Waals surface area (Å²) in [6, 6.07) is 0. The van der Waals surface area contributed by atoms with Crippen LogP contribution in [0.4, 0.5) is 0 Å². The number of fused-ring (bicyclic) bond motifs is 1. The molecule has 3 aliphatic heterocycles. The highest BCUT2D eigenvalue weighted by Gasteiger charge is 2.77. The van der Waals surface area contributed by atoms with Crippen molar-refractivity contribution in [3.63, 3.8) is 0 Å². The summed E-state index contributed by atoms with van der Waals surface area (Å²) in [6.45, 7) is 5.62. The minimum Gasteiger partial charge on any atom is -0.371 e. The molecule has 6 nitrogen and oxygen atoms in total. The van der Waals surface area contributed by atoms with Gasteiger partial charge in [-0.25, -0.2) is 0 Å². The van der Waals surface area contributed by atoms with Gasteiger partial charge >= 0.3 is 0 Å². The molecule has 0 aliphatic carbocycles. The van der Waals surface area contributed by atoms with Crippen LogP contribution < -0.4 is 5.32 Å². The lowest BCUT2D eigenvalue weighted by Crippen LogP contribution is -2.59. The Morgan fingerprint density at radius 2 is 2.17 bits per heavy atom. The zero-order valence-electron chi connectivity index (χ0n) is 10.6. The molecule has 0 aromatic heterocycles. The molecule has 0 saturated carbocycles. The van der Waals surface area contributed by atoms with Gasteiger partial charge in [-0.2, -0.15) is 0 Å². The standard InChI is InChI=1S/C12H17NO5/c1-6(2)4-11-8-12(16,9(15)13-11)7(14)5-10(3,17-8)18-11/h6,8,16H,4-5H2,1-3H3,(H,13,15)/t8-,10-,11-,12-/m0/s1. The van der Waals surface area contributed by atoms with Crippen LogP contribution in [0.15, 0.2) is 0 Å². The van der Waals surface area contributed by atoms with E-state index in [1.54, 1.807) is 6.92 Å². The van der Waals surface area contributed by atoms with E-state index in [4.69, 9.17) is 9.47 Å². The molecule has 3 saturated heterocycles. The molecule has 3 heterocycles. The summed E-state index contributed by atoms with van der Waals surface area (Å²) >= 11 is 0. The van der Waals surface area contributed by atoms with Crippen molar-refractivity contribution < 1.29 is 24.2 Å². The number of amides is 1. The zero-order chi connectivity index (χ0) is 13.3. The van der Waals surface area contributed by atoms with Crippen molar-refractivity contribution in [2.45, 2.75) is 56.8 Å². The molecular formula is C12H17NO5. The first-order chi connectivity index (χ1) is 8.22. The maximum atomic E-state index is 12.0. The summed E-state index contributed by atoms with van der Waals surface area (Å²) in [5.41, 5.74) is -3.17. The van der Waals surface area contributed by atoms with Gasteiger partial charge in [0.1, 0.15) is 0 Å². The lowest BCUT2D eigenvalue weighted by atomic mass is 9.83. The summed E-state index contributed by atoms with van der Waals surface area (Å²) in [4.78, 5) is 23.9. The molecule has 0 aromatic rings. The second-order valence-electron chi connectivity index (χ2n) is 6.04. The lowest BCUT2D eigenvalue weighted by molar-refractivity contribution is -0.223. The van der Waals surface area contributed by atoms with Crippen LogP contribution in [-0.4, -0.2) is 40.0 Å². The number of Topliss-reactive ketones (excluding diaryl/α,β-unsaturated/α-hetero) is 1. The number of ketones is 1. The molecule has 2 N–H and O–H groups in total. The van der Waals surface area contributed by atoms with Crippen LogP contribution in [0.25, 0.3) is 0 Å². The maximum Gasteiger partial charge on any atom is 0.265 e. The smallest absolute Gasteiger partial charge is 0.265 e. The number of aliphatic hydroxyl groups is 1. The van der Waals surface area contributed by atoms with Gasteiger partial charge < -0.3 is 19.9 Å². The van der Waals surface area contributed by atoms with Gasteiger partial charge in [0.05, 0.1) is 6.42 Å². The van der Waals surface area contributed by atoms with E-state index >= 15 is 0 Å². The summed E-state index contributed by atoms with van der Waals surface area (Å²) in [7, 11) is 0. The highest BCUT2D eigenvalue weighted by atomic mass is 16.8. The molecule has 100 valence electrons. The lowest BCUT2D eigenvalue weighted by Gasteiger charge is -2.34. The van der Waals surface area contributed by atoms with E-state index in [1.165, 1.54) is 0 Å². The van der Waals surface area contributed by atoms with Gasteiger partial charge in [0.15, 0.2) is 23.4 Å². The van der Waals surface area contributed by atoms with Crippen LogP contribution in [-0.2, 0) is 19.1 Å². The Hall–Kier alpha value is -0.980. The van der Waals surface area contributed by atoms with Crippen molar-refractivity contribution in [1.29, 1.82) is 0 Å². The van der Waals surface area contributed by atoms with Crippen LogP contribution in [0.3, 0.4) is 0 Å². The van der Waals surface area contributed by atoms with Crippen molar-refractivity contribution in [2.75, 3.05) is 0 Å². The maximum absolute atomic E-state index is 12.0. The van der Waals surface area contributed by atoms with Gasteiger partial charge in [0.2, 0.25) is 5.60 Å². The molecule has 0 spiro atoms. The number of nitrogens with one attached hydrogen (secondary N) is 1. The molecule has 2 bridgehead atoms. The first-order valence-corrected chi connectivity index (χ1v) is 6.18. The van der Waals surface area contributed by atoms with Crippen LogP contribution in [0.1, 0.15) is 33.6 Å². The normalized spacial score (nSPS) is 49.9. The van der Waals surface area contributed by atoms with Crippen molar-refractivity contribution in [1.82, 2.24) is 5.32 Å². The minimum atomic E-state index is -2.09. The monoisotopic (exact) mass is 255 g/mol. The molecule has 3 rings (SSSR count). The van der Waals surface area contributed by atoms with Gasteiger partial charge in [-0.3, -0.25) is 9.59 Å². The van der Waals surface area contributed by atoms with Crippen molar-refractivity contribution in [3.8, 4) is 0 Å². The SMILES string of the molecule is CC(C)C[C@@]12NC(=O)[C@]3(O)C(=O)C[C@@](C)(O[C@H]31)O2. The Morgan fingerprint density at radius 1 is 1.50 bits per heavy atom. The van der Waals surface area contributed by atoms with Crippen molar-refractivity contribution >= 4 is 11.7 Å². The van der Waals surface area contributed by atoms with E-state index in [9.17, 15) is 14.7 Å². The van der Waals surface area contributed by atoms with Crippen molar-refractivity contribution in [2.24, 2.45) is 5.92 Å². The van der Waals surface area contributed by atoms with E-state index < -0.39 is 34.9 Å². The van der Waals surface area contributed by atoms with Gasteiger partial charge in [0.25, 0.3) is 5.91 Å². The fourth-order valence-corrected chi connectivity index (χ4v) is 3.31. The molecule has 18 heavy (non-hydrogen) atoms. The number of carbonyl (C=O) groups is 2. The van der Waals surface area contributed by atoms with Gasteiger partial charge in [-0.15, -0.1) is 0 Å². The topological polar surface area (TPSA) is 84.9 Å². The average Bonchev–Trinajstić information content (AvgIpc) is 2.54. The molecule has 6 heteroatoms. The number of ether oxygens (including phenoxy) is 2. The van der Waals surface area contributed by atoms with Gasteiger partial charge in [-0.1, -0.05) is 13.8 Å². The highest BCUT2D eigenvalue weighted by molar-refractivity contribution is 6.13. The summed E-state index contributed by atoms with van der Waals surface area (Å²) in [6.07, 6.45) is -0.562. The third-order valence-corrected chi connectivity index (χ3v) is 3.86. The molecule has 0 unspecified atom stereocenters. The number of hydrogen-bond acceptors (Lipinski definition) is 5. The van der Waals surface area contributed by atoms with E-state index in [0.717, 1.165) is 0 Å². The highest BCUT2D eigenvalue weighted by Crippen LogP contribution is 2.52. The van der Waals surface area contributed by atoms with Crippen LogP contribution in [0, 0.1) is 5.92 Å². The quantitative estimate of drug-likeness (QED) is 0.661. The number of hydrogen-bond donors (Lipinski definition) is 2. The Labute approximate surface area is 105 Å². The first-order valence-electron chi connectivity index (χ1n) is 6.18. The molecule has 3 fully saturated rings. The molecular weight excluding hydrogens is 238 g/mol. The second-order valence-corrected chi connectivity index (χ2v) is 6.04. The van der Waals surface area contributed by atoms with Crippen LogP contribution in [0.5, 0.6) is 0 Å².